The minimum absolute atomic E-state index is 1.20. The first-order valence-corrected chi connectivity index (χ1v) is 9.00. The molecule has 0 unspecified atom stereocenters. The van der Waals surface area contributed by atoms with Gasteiger partial charge in [-0.25, -0.2) is 9.59 Å². The van der Waals surface area contributed by atoms with Gasteiger partial charge in [0.1, 0.15) is 0 Å². The van der Waals surface area contributed by atoms with Gasteiger partial charge in [-0.05, 0) is 33.7 Å². The third kappa shape index (κ3) is 10.4. The summed E-state index contributed by atoms with van der Waals surface area (Å²) in [5, 5.41) is 19.1. The number of carboxylic acid groups (broad SMARTS) is 2. The number of hydrogen-bond acceptors (Lipinski definition) is 4. The molecule has 4 aromatic rings. The molecule has 0 radical (unpaired) electrons. The number of halogens is 6. The molecular formula is C22H16F6N2O4. The Balaban J connectivity index is 0.000000231. The van der Waals surface area contributed by atoms with E-state index in [2.05, 4.69) is 34.2 Å². The molecule has 2 aromatic carbocycles. The highest BCUT2D eigenvalue weighted by molar-refractivity contribution is 5.81. The number of fused-ring (bicyclic) bond motifs is 2. The Labute approximate surface area is 188 Å². The maximum atomic E-state index is 10.6. The molecule has 6 nitrogen and oxygen atoms in total. The van der Waals surface area contributed by atoms with Gasteiger partial charge in [-0.15, -0.1) is 0 Å². The van der Waals surface area contributed by atoms with E-state index >= 15 is 0 Å². The number of alkyl halides is 6. The van der Waals surface area contributed by atoms with Crippen molar-refractivity contribution in [2.24, 2.45) is 0 Å². The normalized spacial score (nSPS) is 10.5. The van der Waals surface area contributed by atoms with Crippen molar-refractivity contribution < 1.29 is 46.1 Å². The fourth-order valence-corrected chi connectivity index (χ4v) is 2.05. The average molecular weight is 486 g/mol. The van der Waals surface area contributed by atoms with Crippen LogP contribution in [0.25, 0.3) is 21.5 Å². The van der Waals surface area contributed by atoms with Crippen molar-refractivity contribution in [3.05, 3.63) is 85.5 Å². The second-order valence-electron chi connectivity index (χ2n) is 6.05. The quantitative estimate of drug-likeness (QED) is 0.308. The molecule has 0 fully saturated rings. The molecule has 180 valence electrons. The van der Waals surface area contributed by atoms with E-state index in [1.54, 1.807) is 0 Å². The third-order valence-corrected chi connectivity index (χ3v) is 3.58. The maximum absolute atomic E-state index is 10.6. The SMILES string of the molecule is O=C(O)C(F)(F)F.O=C(O)C(F)(F)F.c1ccc2cnccc2c1.c1ccc2cnccc2c1. The van der Waals surface area contributed by atoms with Gasteiger partial charge in [-0.3, -0.25) is 9.97 Å². The summed E-state index contributed by atoms with van der Waals surface area (Å²) in [7, 11) is 0. The van der Waals surface area contributed by atoms with Gasteiger partial charge < -0.3 is 10.2 Å². The summed E-state index contributed by atoms with van der Waals surface area (Å²) >= 11 is 0. The average Bonchev–Trinajstić information content (AvgIpc) is 2.79. The summed E-state index contributed by atoms with van der Waals surface area (Å²) in [6.07, 6.45) is -2.81. The molecule has 2 aromatic heterocycles. The Bertz CT molecular complexity index is 987. The zero-order chi connectivity index (χ0) is 25.8. The Morgan fingerprint density at radius 3 is 1.06 bits per heavy atom. The fourth-order valence-electron chi connectivity index (χ4n) is 2.05. The number of carbonyl (C=O) groups is 2. The molecule has 0 spiro atoms. The van der Waals surface area contributed by atoms with E-state index in [0.717, 1.165) is 0 Å². The van der Waals surface area contributed by atoms with Crippen LogP contribution < -0.4 is 0 Å². The zero-order valence-electron chi connectivity index (χ0n) is 17.0. The van der Waals surface area contributed by atoms with Gasteiger partial charge in [0, 0.05) is 24.8 Å². The number of hydrogen-bond donors (Lipinski definition) is 2. The van der Waals surface area contributed by atoms with Crippen LogP contribution in [0, 0.1) is 0 Å². The lowest BCUT2D eigenvalue weighted by atomic mass is 10.2. The van der Waals surface area contributed by atoms with Crippen LogP contribution in [0.2, 0.25) is 0 Å². The Hall–Kier alpha value is -4.22. The first-order valence-electron chi connectivity index (χ1n) is 9.00. The summed E-state index contributed by atoms with van der Waals surface area (Å²) in [4.78, 5) is 25.8. The van der Waals surface area contributed by atoms with Gasteiger partial charge in [0.05, 0.1) is 0 Å². The third-order valence-electron chi connectivity index (χ3n) is 3.58. The zero-order valence-corrected chi connectivity index (χ0v) is 17.0. The highest BCUT2D eigenvalue weighted by atomic mass is 19.4. The van der Waals surface area contributed by atoms with Crippen molar-refractivity contribution in [1.29, 1.82) is 0 Å². The summed E-state index contributed by atoms with van der Waals surface area (Å²) in [6, 6.07) is 20.4. The van der Waals surface area contributed by atoms with Crippen LogP contribution in [-0.2, 0) is 9.59 Å². The molecule has 2 heterocycles. The monoisotopic (exact) mass is 486 g/mol. The highest BCUT2D eigenvalue weighted by Crippen LogP contribution is 2.14. The van der Waals surface area contributed by atoms with Crippen molar-refractivity contribution in [3.8, 4) is 0 Å². The maximum Gasteiger partial charge on any atom is 0.490 e. The van der Waals surface area contributed by atoms with Crippen LogP contribution in [0.3, 0.4) is 0 Å². The van der Waals surface area contributed by atoms with Crippen LogP contribution in [0.15, 0.2) is 85.5 Å². The van der Waals surface area contributed by atoms with Gasteiger partial charge in [-0.1, -0.05) is 48.5 Å². The van der Waals surface area contributed by atoms with Crippen LogP contribution >= 0.6 is 0 Å². The Morgan fingerprint density at radius 2 is 0.824 bits per heavy atom. The van der Waals surface area contributed by atoms with E-state index in [1.165, 1.54) is 21.5 Å². The van der Waals surface area contributed by atoms with Gasteiger partial charge in [0.25, 0.3) is 0 Å². The van der Waals surface area contributed by atoms with E-state index in [-0.39, 0.29) is 0 Å². The molecule has 2 N–H and O–H groups in total. The van der Waals surface area contributed by atoms with Crippen LogP contribution in [0.5, 0.6) is 0 Å². The summed E-state index contributed by atoms with van der Waals surface area (Å²) in [6.45, 7) is 0. The first kappa shape index (κ1) is 27.8. The molecule has 34 heavy (non-hydrogen) atoms. The number of aromatic nitrogens is 2. The van der Waals surface area contributed by atoms with E-state index in [1.807, 2.05) is 61.2 Å². The van der Waals surface area contributed by atoms with Gasteiger partial charge in [0.2, 0.25) is 0 Å². The number of nitrogens with zero attached hydrogens (tertiary/aromatic N) is 2. The largest absolute Gasteiger partial charge is 0.490 e. The number of carboxylic acids is 2. The minimum Gasteiger partial charge on any atom is -0.475 e. The Morgan fingerprint density at radius 1 is 0.559 bits per heavy atom. The second-order valence-corrected chi connectivity index (χ2v) is 6.05. The van der Waals surface area contributed by atoms with Gasteiger partial charge in [-0.2, -0.15) is 26.3 Å². The molecule has 0 aliphatic carbocycles. The smallest absolute Gasteiger partial charge is 0.475 e. The van der Waals surface area contributed by atoms with Crippen molar-refractivity contribution in [1.82, 2.24) is 9.97 Å². The number of benzene rings is 2. The molecule has 0 atom stereocenters. The Kier molecular flexibility index (Phi) is 10.4. The van der Waals surface area contributed by atoms with Gasteiger partial charge >= 0.3 is 24.3 Å². The molecule has 0 aliphatic rings. The van der Waals surface area contributed by atoms with E-state index in [9.17, 15) is 26.3 Å². The molecule has 0 saturated heterocycles. The number of aliphatic carboxylic acids is 2. The van der Waals surface area contributed by atoms with E-state index in [4.69, 9.17) is 19.8 Å². The first-order chi connectivity index (χ1) is 15.8. The van der Waals surface area contributed by atoms with E-state index < -0.39 is 24.3 Å². The van der Waals surface area contributed by atoms with Crippen LogP contribution in [0.4, 0.5) is 26.3 Å². The fraction of sp³-hybridized carbons (Fsp3) is 0.0909. The standard InChI is InChI=1S/2C9H7N.2C2HF3O2/c2*1-2-4-9-7-10-6-5-8(9)3-1;2*3-2(4,5)1(6)7/h2*1-7H;2*(H,6,7). The van der Waals surface area contributed by atoms with Crippen molar-refractivity contribution in [3.63, 3.8) is 0 Å². The van der Waals surface area contributed by atoms with Crippen molar-refractivity contribution >= 4 is 33.5 Å². The van der Waals surface area contributed by atoms with E-state index in [0.29, 0.717) is 0 Å². The predicted molar refractivity (Wildman–Crippen MR) is 111 cm³/mol. The molecule has 0 amide bonds. The van der Waals surface area contributed by atoms with Crippen LogP contribution in [0.1, 0.15) is 0 Å². The second kappa shape index (κ2) is 12.7. The summed E-state index contributed by atoms with van der Waals surface area (Å²) < 4.78 is 63.5. The lowest BCUT2D eigenvalue weighted by Gasteiger charge is -1.93. The van der Waals surface area contributed by atoms with Crippen LogP contribution in [-0.4, -0.2) is 44.5 Å². The van der Waals surface area contributed by atoms with Gasteiger partial charge in [0.15, 0.2) is 0 Å². The number of rotatable bonds is 0. The molecule has 0 bridgehead atoms. The lowest BCUT2D eigenvalue weighted by Crippen LogP contribution is -2.21. The summed E-state index contributed by atoms with van der Waals surface area (Å²) in [5.74, 6) is -5.51. The molecule has 0 aliphatic heterocycles. The minimum atomic E-state index is -5.08. The molecular weight excluding hydrogens is 470 g/mol. The van der Waals surface area contributed by atoms with Crippen molar-refractivity contribution in [2.75, 3.05) is 0 Å². The predicted octanol–water partition coefficient (Wildman–Crippen LogP) is 5.74. The molecule has 0 saturated carbocycles. The molecule has 12 heteroatoms. The topological polar surface area (TPSA) is 100 Å². The lowest BCUT2D eigenvalue weighted by molar-refractivity contribution is -0.193. The summed E-state index contributed by atoms with van der Waals surface area (Å²) in [5.41, 5.74) is 0. The number of pyridine rings is 2. The molecule has 4 rings (SSSR count). The van der Waals surface area contributed by atoms with Crippen molar-refractivity contribution in [2.45, 2.75) is 12.4 Å². The highest BCUT2D eigenvalue weighted by Gasteiger charge is 2.38.